The molecule has 3 atom stereocenters. The van der Waals surface area contributed by atoms with Crippen LogP contribution in [0, 0.1) is 17.8 Å². The van der Waals surface area contributed by atoms with Gasteiger partial charge in [-0.25, -0.2) is 4.79 Å². The Labute approximate surface area is 139 Å². The van der Waals surface area contributed by atoms with Crippen molar-refractivity contribution >= 4 is 23.8 Å². The highest BCUT2D eigenvalue weighted by Crippen LogP contribution is 2.21. The molecule has 9 heteroatoms. The summed E-state index contributed by atoms with van der Waals surface area (Å²) in [6.07, 6.45) is 0.533. The molecular weight excluding hydrogens is 322 g/mol. The minimum Gasteiger partial charge on any atom is -0.468 e. The molecule has 0 aromatic heterocycles. The Balaban J connectivity index is 2.98. The molecule has 1 amide bonds. The Hall–Kier alpha value is -2.16. The fraction of sp³-hybridized carbons (Fsp3) is 0.733. The molecule has 1 saturated heterocycles. The quantitative estimate of drug-likeness (QED) is 0.365. The third-order valence-corrected chi connectivity index (χ3v) is 4.02. The first-order valence-electron chi connectivity index (χ1n) is 7.48. The SMILES string of the molecule is COC(=O)C(C(=O)OC)[C@H](C)[C@@H](NC(=O)[C@H]1CCOC1)C(=O)OC. The lowest BCUT2D eigenvalue weighted by Gasteiger charge is -2.27. The van der Waals surface area contributed by atoms with Gasteiger partial charge in [-0.05, 0) is 6.42 Å². The van der Waals surface area contributed by atoms with Gasteiger partial charge in [0, 0.05) is 12.5 Å². The van der Waals surface area contributed by atoms with Crippen LogP contribution < -0.4 is 5.32 Å². The fourth-order valence-electron chi connectivity index (χ4n) is 2.52. The average molecular weight is 345 g/mol. The van der Waals surface area contributed by atoms with Crippen LogP contribution in [-0.4, -0.2) is 64.4 Å². The van der Waals surface area contributed by atoms with Crippen LogP contribution in [0.5, 0.6) is 0 Å². The standard InChI is InChI=1S/C15H23NO8/c1-8(10(13(18)21-2)14(19)22-3)11(15(20)23-4)16-12(17)9-5-6-24-7-9/h8-11H,5-7H2,1-4H3,(H,16,17)/t8-,9-,11+/m0/s1. The Bertz CT molecular complexity index is 470. The average Bonchev–Trinajstić information content (AvgIpc) is 3.12. The van der Waals surface area contributed by atoms with E-state index >= 15 is 0 Å². The number of amides is 1. The van der Waals surface area contributed by atoms with E-state index < -0.39 is 41.7 Å². The lowest BCUT2D eigenvalue weighted by atomic mass is 9.87. The number of carbonyl (C=O) groups is 4. The highest BCUT2D eigenvalue weighted by molar-refractivity contribution is 5.96. The molecule has 0 aromatic rings. The third-order valence-electron chi connectivity index (χ3n) is 4.02. The van der Waals surface area contributed by atoms with E-state index in [2.05, 4.69) is 19.5 Å². The van der Waals surface area contributed by atoms with E-state index in [-0.39, 0.29) is 12.5 Å². The normalized spacial score (nSPS) is 19.3. The zero-order valence-corrected chi connectivity index (χ0v) is 14.2. The van der Waals surface area contributed by atoms with Crippen molar-refractivity contribution < 1.29 is 38.1 Å². The molecule has 1 N–H and O–H groups in total. The van der Waals surface area contributed by atoms with E-state index in [1.54, 1.807) is 0 Å². The highest BCUT2D eigenvalue weighted by atomic mass is 16.5. The number of nitrogens with one attached hydrogen (secondary N) is 1. The molecule has 0 aromatic carbocycles. The number of ether oxygens (including phenoxy) is 4. The summed E-state index contributed by atoms with van der Waals surface area (Å²) in [5.74, 6) is -5.58. The molecule has 1 fully saturated rings. The summed E-state index contributed by atoms with van der Waals surface area (Å²) >= 11 is 0. The lowest BCUT2D eigenvalue weighted by molar-refractivity contribution is -0.163. The van der Waals surface area contributed by atoms with Crippen LogP contribution in [-0.2, 0) is 38.1 Å². The Morgan fingerprint density at radius 1 is 1.00 bits per heavy atom. The molecule has 0 radical (unpaired) electrons. The van der Waals surface area contributed by atoms with Crippen molar-refractivity contribution in [3.8, 4) is 0 Å². The van der Waals surface area contributed by atoms with Gasteiger partial charge >= 0.3 is 17.9 Å². The van der Waals surface area contributed by atoms with E-state index in [4.69, 9.17) is 4.74 Å². The van der Waals surface area contributed by atoms with Gasteiger partial charge in [0.2, 0.25) is 5.91 Å². The summed E-state index contributed by atoms with van der Waals surface area (Å²) in [6, 6.07) is -1.20. The monoisotopic (exact) mass is 345 g/mol. The topological polar surface area (TPSA) is 117 Å². The molecule has 1 rings (SSSR count). The molecule has 0 aliphatic carbocycles. The number of methoxy groups -OCH3 is 3. The minimum atomic E-state index is -1.37. The van der Waals surface area contributed by atoms with Gasteiger partial charge in [0.05, 0.1) is 33.9 Å². The van der Waals surface area contributed by atoms with Crippen molar-refractivity contribution in [2.24, 2.45) is 17.8 Å². The first-order chi connectivity index (χ1) is 11.4. The van der Waals surface area contributed by atoms with Crippen LogP contribution in [0.1, 0.15) is 13.3 Å². The number of hydrogen-bond donors (Lipinski definition) is 1. The highest BCUT2D eigenvalue weighted by Gasteiger charge is 2.43. The van der Waals surface area contributed by atoms with Gasteiger partial charge in [-0.2, -0.15) is 0 Å². The van der Waals surface area contributed by atoms with Crippen LogP contribution in [0.4, 0.5) is 0 Å². The summed E-state index contributed by atoms with van der Waals surface area (Å²) in [5.41, 5.74) is 0. The lowest BCUT2D eigenvalue weighted by Crippen LogP contribution is -2.52. The number of hydrogen-bond acceptors (Lipinski definition) is 8. The summed E-state index contributed by atoms with van der Waals surface area (Å²) in [5, 5.41) is 2.54. The van der Waals surface area contributed by atoms with E-state index in [0.29, 0.717) is 13.0 Å². The molecular formula is C15H23NO8. The summed E-state index contributed by atoms with van der Waals surface area (Å²) < 4.78 is 19.0. The molecule has 0 unspecified atom stereocenters. The van der Waals surface area contributed by atoms with Crippen LogP contribution >= 0.6 is 0 Å². The zero-order chi connectivity index (χ0) is 18.3. The van der Waals surface area contributed by atoms with E-state index in [1.807, 2.05) is 0 Å². The Morgan fingerprint density at radius 2 is 1.54 bits per heavy atom. The smallest absolute Gasteiger partial charge is 0.328 e. The van der Waals surface area contributed by atoms with Crippen molar-refractivity contribution in [2.75, 3.05) is 34.5 Å². The predicted octanol–water partition coefficient (Wildman–Crippen LogP) is -0.721. The Kier molecular flexibility index (Phi) is 7.63. The molecule has 136 valence electrons. The first kappa shape index (κ1) is 19.9. The molecule has 1 aliphatic heterocycles. The second kappa shape index (κ2) is 9.21. The van der Waals surface area contributed by atoms with Crippen LogP contribution in [0.3, 0.4) is 0 Å². The van der Waals surface area contributed by atoms with Crippen LogP contribution in [0.15, 0.2) is 0 Å². The molecule has 0 saturated carbocycles. The second-order valence-corrected chi connectivity index (χ2v) is 5.45. The summed E-state index contributed by atoms with van der Waals surface area (Å²) in [4.78, 5) is 48.1. The molecule has 24 heavy (non-hydrogen) atoms. The zero-order valence-electron chi connectivity index (χ0n) is 14.2. The van der Waals surface area contributed by atoms with Crippen molar-refractivity contribution in [2.45, 2.75) is 19.4 Å². The summed E-state index contributed by atoms with van der Waals surface area (Å²) in [7, 11) is 3.39. The second-order valence-electron chi connectivity index (χ2n) is 5.45. The minimum absolute atomic E-state index is 0.255. The summed E-state index contributed by atoms with van der Waals surface area (Å²) in [6.45, 7) is 2.18. The number of esters is 3. The van der Waals surface area contributed by atoms with Gasteiger partial charge in [-0.1, -0.05) is 6.92 Å². The van der Waals surface area contributed by atoms with Gasteiger partial charge in [0.25, 0.3) is 0 Å². The van der Waals surface area contributed by atoms with Gasteiger partial charge < -0.3 is 24.3 Å². The molecule has 1 heterocycles. The van der Waals surface area contributed by atoms with E-state index in [9.17, 15) is 19.2 Å². The van der Waals surface area contributed by atoms with Crippen molar-refractivity contribution in [3.63, 3.8) is 0 Å². The van der Waals surface area contributed by atoms with Gasteiger partial charge in [-0.15, -0.1) is 0 Å². The molecule has 1 aliphatic rings. The number of rotatable bonds is 7. The van der Waals surface area contributed by atoms with Crippen molar-refractivity contribution in [1.82, 2.24) is 5.32 Å². The Morgan fingerprint density at radius 3 is 1.96 bits per heavy atom. The maximum atomic E-state index is 12.3. The van der Waals surface area contributed by atoms with Gasteiger partial charge in [0.1, 0.15) is 6.04 Å². The molecule has 0 bridgehead atoms. The van der Waals surface area contributed by atoms with E-state index in [0.717, 1.165) is 21.3 Å². The van der Waals surface area contributed by atoms with Crippen molar-refractivity contribution in [3.05, 3.63) is 0 Å². The maximum Gasteiger partial charge on any atom is 0.328 e. The fourth-order valence-corrected chi connectivity index (χ4v) is 2.52. The molecule has 0 spiro atoms. The third kappa shape index (κ3) is 4.67. The predicted molar refractivity (Wildman–Crippen MR) is 79.6 cm³/mol. The number of carbonyl (C=O) groups excluding carboxylic acids is 4. The van der Waals surface area contributed by atoms with Gasteiger partial charge in [0.15, 0.2) is 5.92 Å². The molecule has 9 nitrogen and oxygen atoms in total. The van der Waals surface area contributed by atoms with Crippen LogP contribution in [0.25, 0.3) is 0 Å². The first-order valence-corrected chi connectivity index (χ1v) is 7.48. The van der Waals surface area contributed by atoms with Gasteiger partial charge in [-0.3, -0.25) is 14.4 Å². The maximum absolute atomic E-state index is 12.3. The largest absolute Gasteiger partial charge is 0.468 e. The van der Waals surface area contributed by atoms with Crippen LogP contribution in [0.2, 0.25) is 0 Å². The van der Waals surface area contributed by atoms with E-state index in [1.165, 1.54) is 6.92 Å². The van der Waals surface area contributed by atoms with Crippen molar-refractivity contribution in [1.29, 1.82) is 0 Å².